The van der Waals surface area contributed by atoms with Gasteiger partial charge >= 0.3 is 0 Å². The summed E-state index contributed by atoms with van der Waals surface area (Å²) >= 11 is 1.52. The summed E-state index contributed by atoms with van der Waals surface area (Å²) in [6.45, 7) is 3.13. The third-order valence-electron chi connectivity index (χ3n) is 2.85. The number of amides is 1. The first-order chi connectivity index (χ1) is 9.72. The molecule has 0 aromatic carbocycles. The fraction of sp³-hybridized carbons (Fsp3) is 0.308. The van der Waals surface area contributed by atoms with Gasteiger partial charge in [0, 0.05) is 5.38 Å². The van der Waals surface area contributed by atoms with Crippen LogP contribution < -0.4 is 10.2 Å². The first-order valence-corrected chi connectivity index (χ1v) is 7.15. The first kappa shape index (κ1) is 13.0. The van der Waals surface area contributed by atoms with Gasteiger partial charge in [0.2, 0.25) is 0 Å². The Labute approximate surface area is 120 Å². The van der Waals surface area contributed by atoms with Gasteiger partial charge in [-0.3, -0.25) is 9.69 Å². The average molecular weight is 290 g/mol. The molecule has 2 aromatic rings. The van der Waals surface area contributed by atoms with Crippen molar-refractivity contribution in [1.29, 1.82) is 0 Å². The molecule has 3 heterocycles. The number of carbonyl (C=O) groups excluding carboxylic acids is 1. The molecular weight excluding hydrogens is 276 g/mol. The van der Waals surface area contributed by atoms with Crippen LogP contribution in [0, 0.1) is 6.92 Å². The molecule has 0 saturated carbocycles. The minimum absolute atomic E-state index is 0.0639. The molecule has 0 atom stereocenters. The molecule has 1 saturated heterocycles. The van der Waals surface area contributed by atoms with Gasteiger partial charge in [0.05, 0.1) is 18.8 Å². The Morgan fingerprint density at radius 3 is 3.05 bits per heavy atom. The molecule has 1 aliphatic heterocycles. The standard InChI is InChI=1S/C13H14N4O2S/c1-9-8-20-13(14-9)16-10-3-2-4-11(15-10)17-5-6-19-7-12(17)18/h2-4,8H,5-7H2,1H3,(H,14,15,16). The molecule has 1 fully saturated rings. The van der Waals surface area contributed by atoms with Crippen LogP contribution in [-0.2, 0) is 9.53 Å². The molecule has 7 heteroatoms. The number of pyridine rings is 1. The predicted molar refractivity (Wildman–Crippen MR) is 77.5 cm³/mol. The SMILES string of the molecule is Cc1csc(Nc2cccc(N3CCOCC3=O)n2)n1. The van der Waals surface area contributed by atoms with E-state index in [0.717, 1.165) is 10.8 Å². The fourth-order valence-corrected chi connectivity index (χ4v) is 2.62. The van der Waals surface area contributed by atoms with Gasteiger partial charge in [-0.25, -0.2) is 9.97 Å². The second-order valence-electron chi connectivity index (χ2n) is 4.40. The third kappa shape index (κ3) is 2.78. The predicted octanol–water partition coefficient (Wildman–Crippen LogP) is 1.95. The second kappa shape index (κ2) is 5.56. The number of nitrogens with one attached hydrogen (secondary N) is 1. The van der Waals surface area contributed by atoms with E-state index in [-0.39, 0.29) is 12.5 Å². The molecule has 0 bridgehead atoms. The van der Waals surface area contributed by atoms with Crippen LogP contribution in [0.2, 0.25) is 0 Å². The molecule has 0 radical (unpaired) electrons. The number of aromatic nitrogens is 2. The van der Waals surface area contributed by atoms with Gasteiger partial charge in [0.15, 0.2) is 5.13 Å². The Kier molecular flexibility index (Phi) is 3.62. The van der Waals surface area contributed by atoms with Crippen molar-refractivity contribution in [2.45, 2.75) is 6.92 Å². The molecule has 1 aliphatic rings. The normalized spacial score (nSPS) is 15.4. The van der Waals surface area contributed by atoms with E-state index < -0.39 is 0 Å². The Hall–Kier alpha value is -1.99. The third-order valence-corrected chi connectivity index (χ3v) is 3.73. The lowest BCUT2D eigenvalue weighted by molar-refractivity contribution is -0.125. The maximum absolute atomic E-state index is 11.8. The second-order valence-corrected chi connectivity index (χ2v) is 5.26. The Morgan fingerprint density at radius 1 is 1.40 bits per heavy atom. The summed E-state index contributed by atoms with van der Waals surface area (Å²) in [4.78, 5) is 22.2. The van der Waals surface area contributed by atoms with Crippen LogP contribution in [-0.4, -0.2) is 35.6 Å². The van der Waals surface area contributed by atoms with Gasteiger partial charge in [0.25, 0.3) is 5.91 Å². The number of anilines is 3. The number of ether oxygens (including phenoxy) is 1. The number of carbonyl (C=O) groups is 1. The fourth-order valence-electron chi connectivity index (χ4n) is 1.92. The highest BCUT2D eigenvalue weighted by atomic mass is 32.1. The molecule has 0 spiro atoms. The largest absolute Gasteiger partial charge is 0.370 e. The molecule has 3 rings (SSSR count). The number of morpholine rings is 1. The zero-order valence-corrected chi connectivity index (χ0v) is 11.8. The molecule has 0 unspecified atom stereocenters. The number of rotatable bonds is 3. The quantitative estimate of drug-likeness (QED) is 0.936. The number of hydrogen-bond donors (Lipinski definition) is 1. The zero-order chi connectivity index (χ0) is 13.9. The van der Waals surface area contributed by atoms with Crippen molar-refractivity contribution in [3.05, 3.63) is 29.3 Å². The van der Waals surface area contributed by atoms with E-state index in [4.69, 9.17) is 4.74 Å². The van der Waals surface area contributed by atoms with Gasteiger partial charge in [0.1, 0.15) is 18.2 Å². The highest BCUT2D eigenvalue weighted by molar-refractivity contribution is 7.13. The van der Waals surface area contributed by atoms with Crippen LogP contribution in [0.15, 0.2) is 23.6 Å². The summed E-state index contributed by atoms with van der Waals surface area (Å²) in [5.41, 5.74) is 0.969. The van der Waals surface area contributed by atoms with E-state index in [2.05, 4.69) is 15.3 Å². The maximum atomic E-state index is 11.8. The minimum atomic E-state index is -0.0639. The Morgan fingerprint density at radius 2 is 2.30 bits per heavy atom. The van der Waals surface area contributed by atoms with E-state index in [1.807, 2.05) is 30.5 Å². The lowest BCUT2D eigenvalue weighted by Gasteiger charge is -2.26. The minimum Gasteiger partial charge on any atom is -0.370 e. The maximum Gasteiger partial charge on any atom is 0.254 e. The number of nitrogens with zero attached hydrogens (tertiary/aromatic N) is 3. The summed E-state index contributed by atoms with van der Waals surface area (Å²) in [5, 5.41) is 5.91. The molecule has 1 N–H and O–H groups in total. The van der Waals surface area contributed by atoms with Gasteiger partial charge < -0.3 is 10.1 Å². The Balaban J connectivity index is 1.80. The van der Waals surface area contributed by atoms with Crippen LogP contribution in [0.1, 0.15) is 5.69 Å². The summed E-state index contributed by atoms with van der Waals surface area (Å²) in [6.07, 6.45) is 0. The summed E-state index contributed by atoms with van der Waals surface area (Å²) in [5.74, 6) is 1.25. The summed E-state index contributed by atoms with van der Waals surface area (Å²) in [7, 11) is 0. The van der Waals surface area contributed by atoms with Crippen molar-refractivity contribution in [3.63, 3.8) is 0 Å². The van der Waals surface area contributed by atoms with Crippen LogP contribution in [0.25, 0.3) is 0 Å². The molecule has 6 nitrogen and oxygen atoms in total. The molecule has 1 amide bonds. The number of thiazole rings is 1. The van der Waals surface area contributed by atoms with Crippen molar-refractivity contribution >= 4 is 34.0 Å². The van der Waals surface area contributed by atoms with Crippen LogP contribution in [0.5, 0.6) is 0 Å². The first-order valence-electron chi connectivity index (χ1n) is 6.27. The number of aryl methyl sites for hydroxylation is 1. The van der Waals surface area contributed by atoms with E-state index >= 15 is 0 Å². The molecule has 20 heavy (non-hydrogen) atoms. The molecule has 2 aromatic heterocycles. The van der Waals surface area contributed by atoms with E-state index in [1.54, 1.807) is 4.90 Å². The van der Waals surface area contributed by atoms with Crippen molar-refractivity contribution < 1.29 is 9.53 Å². The molecule has 0 aliphatic carbocycles. The smallest absolute Gasteiger partial charge is 0.254 e. The lowest BCUT2D eigenvalue weighted by atomic mass is 10.3. The topological polar surface area (TPSA) is 67.3 Å². The van der Waals surface area contributed by atoms with Crippen LogP contribution >= 0.6 is 11.3 Å². The van der Waals surface area contributed by atoms with Gasteiger partial charge in [-0.2, -0.15) is 0 Å². The van der Waals surface area contributed by atoms with E-state index in [1.165, 1.54) is 11.3 Å². The van der Waals surface area contributed by atoms with Crippen molar-refractivity contribution in [2.75, 3.05) is 30.0 Å². The van der Waals surface area contributed by atoms with Crippen molar-refractivity contribution in [2.24, 2.45) is 0 Å². The lowest BCUT2D eigenvalue weighted by Crippen LogP contribution is -2.42. The van der Waals surface area contributed by atoms with Crippen molar-refractivity contribution in [1.82, 2.24) is 9.97 Å². The van der Waals surface area contributed by atoms with Gasteiger partial charge in [-0.05, 0) is 19.1 Å². The Bertz CT molecular complexity index is 628. The number of hydrogen-bond acceptors (Lipinski definition) is 6. The average Bonchev–Trinajstić information content (AvgIpc) is 2.85. The van der Waals surface area contributed by atoms with Crippen molar-refractivity contribution in [3.8, 4) is 0 Å². The van der Waals surface area contributed by atoms with E-state index in [9.17, 15) is 4.79 Å². The van der Waals surface area contributed by atoms with Gasteiger partial charge in [-0.15, -0.1) is 11.3 Å². The zero-order valence-electron chi connectivity index (χ0n) is 11.0. The highest BCUT2D eigenvalue weighted by Crippen LogP contribution is 2.22. The van der Waals surface area contributed by atoms with E-state index in [0.29, 0.717) is 24.8 Å². The summed E-state index contributed by atoms with van der Waals surface area (Å²) in [6, 6.07) is 5.54. The van der Waals surface area contributed by atoms with Crippen LogP contribution in [0.4, 0.5) is 16.8 Å². The summed E-state index contributed by atoms with van der Waals surface area (Å²) < 4.78 is 5.12. The van der Waals surface area contributed by atoms with Gasteiger partial charge in [-0.1, -0.05) is 6.07 Å². The monoisotopic (exact) mass is 290 g/mol. The molecule has 104 valence electrons. The highest BCUT2D eigenvalue weighted by Gasteiger charge is 2.21. The molecular formula is C13H14N4O2S. The van der Waals surface area contributed by atoms with Crippen LogP contribution in [0.3, 0.4) is 0 Å².